The summed E-state index contributed by atoms with van der Waals surface area (Å²) in [5, 5.41) is 2.66. The number of nitrogens with zero attached hydrogens (tertiary/aromatic N) is 1. The highest BCUT2D eigenvalue weighted by molar-refractivity contribution is 7.89. The van der Waals surface area contributed by atoms with E-state index in [0.29, 0.717) is 11.3 Å². The number of rotatable bonds is 8. The van der Waals surface area contributed by atoms with E-state index < -0.39 is 15.9 Å². The number of hydrogen-bond donors (Lipinski definition) is 1. The predicted molar refractivity (Wildman–Crippen MR) is 106 cm³/mol. The van der Waals surface area contributed by atoms with Gasteiger partial charge in [-0.05, 0) is 48.9 Å². The lowest BCUT2D eigenvalue weighted by Gasteiger charge is -2.21. The molecule has 3 aromatic rings. The molecule has 0 fully saturated rings. The Balaban J connectivity index is 1.75. The zero-order valence-electron chi connectivity index (χ0n) is 15.8. The Morgan fingerprint density at radius 3 is 2.38 bits per heavy atom. The summed E-state index contributed by atoms with van der Waals surface area (Å²) in [5.41, 5.74) is 1.64. The smallest absolute Gasteiger partial charge is 0.243 e. The maximum Gasteiger partial charge on any atom is 0.243 e. The molecule has 1 N–H and O–H groups in total. The first kappa shape index (κ1) is 20.8. The number of hydrogen-bond acceptors (Lipinski definition) is 4. The minimum Gasteiger partial charge on any atom is -0.468 e. The molecule has 0 aliphatic rings. The zero-order chi connectivity index (χ0) is 20.9. The van der Waals surface area contributed by atoms with Gasteiger partial charge < -0.3 is 9.73 Å². The van der Waals surface area contributed by atoms with Crippen molar-refractivity contribution in [1.82, 2.24) is 9.62 Å². The van der Waals surface area contributed by atoms with Gasteiger partial charge in [-0.15, -0.1) is 0 Å². The topological polar surface area (TPSA) is 79.6 Å². The van der Waals surface area contributed by atoms with Crippen LogP contribution in [0.25, 0.3) is 0 Å². The van der Waals surface area contributed by atoms with Crippen molar-refractivity contribution in [3.63, 3.8) is 0 Å². The number of furan rings is 1. The second-order valence-electron chi connectivity index (χ2n) is 6.57. The van der Waals surface area contributed by atoms with Crippen LogP contribution in [0.15, 0.2) is 76.2 Å². The van der Waals surface area contributed by atoms with Gasteiger partial charge in [0.15, 0.2) is 0 Å². The van der Waals surface area contributed by atoms with Gasteiger partial charge in [0.25, 0.3) is 0 Å². The average Bonchev–Trinajstić information content (AvgIpc) is 3.20. The van der Waals surface area contributed by atoms with Crippen LogP contribution in [0.5, 0.6) is 0 Å². The number of carbonyl (C=O) groups is 1. The summed E-state index contributed by atoms with van der Waals surface area (Å²) in [6, 6.07) is 15.4. The van der Waals surface area contributed by atoms with E-state index in [1.54, 1.807) is 36.4 Å². The van der Waals surface area contributed by atoms with Gasteiger partial charge in [0.1, 0.15) is 11.6 Å². The van der Waals surface area contributed by atoms with Crippen molar-refractivity contribution in [2.75, 3.05) is 6.54 Å². The highest BCUT2D eigenvalue weighted by atomic mass is 32.2. The number of sulfonamides is 1. The molecule has 2 aromatic carbocycles. The molecule has 0 saturated heterocycles. The first-order valence-electron chi connectivity index (χ1n) is 8.95. The predicted octanol–water partition coefficient (Wildman–Crippen LogP) is 3.23. The summed E-state index contributed by atoms with van der Waals surface area (Å²) >= 11 is 0. The van der Waals surface area contributed by atoms with E-state index in [2.05, 4.69) is 5.32 Å². The summed E-state index contributed by atoms with van der Waals surface area (Å²) in [6.45, 7) is 1.57. The second kappa shape index (κ2) is 9.02. The number of amides is 1. The molecule has 8 heteroatoms. The summed E-state index contributed by atoms with van der Waals surface area (Å²) in [5.74, 6) is -0.419. The van der Waals surface area contributed by atoms with Crippen LogP contribution in [0.4, 0.5) is 4.39 Å². The van der Waals surface area contributed by atoms with Crippen LogP contribution in [-0.4, -0.2) is 25.2 Å². The third-order valence-electron chi connectivity index (χ3n) is 4.29. The van der Waals surface area contributed by atoms with Gasteiger partial charge in [-0.2, -0.15) is 4.31 Å². The molecule has 152 valence electrons. The zero-order valence-corrected chi connectivity index (χ0v) is 16.7. The largest absolute Gasteiger partial charge is 0.468 e. The lowest BCUT2D eigenvalue weighted by atomic mass is 10.2. The summed E-state index contributed by atoms with van der Waals surface area (Å²) in [7, 11) is -3.91. The summed E-state index contributed by atoms with van der Waals surface area (Å²) in [6.07, 6.45) is 1.45. The molecule has 29 heavy (non-hydrogen) atoms. The molecule has 0 saturated carbocycles. The van der Waals surface area contributed by atoms with Crippen molar-refractivity contribution >= 4 is 15.9 Å². The SMILES string of the molecule is Cc1ccc(S(=O)(=O)N(CC(=O)NCc2ccc(F)cc2)Cc2ccco2)cc1. The average molecular weight is 416 g/mol. The lowest BCUT2D eigenvalue weighted by Crippen LogP contribution is -2.40. The van der Waals surface area contributed by atoms with Gasteiger partial charge >= 0.3 is 0 Å². The highest BCUT2D eigenvalue weighted by Gasteiger charge is 2.27. The fourth-order valence-corrected chi connectivity index (χ4v) is 4.04. The fraction of sp³-hybridized carbons (Fsp3) is 0.190. The molecule has 0 aliphatic carbocycles. The number of halogens is 1. The summed E-state index contributed by atoms with van der Waals surface area (Å²) < 4.78 is 45.5. The molecule has 1 amide bonds. The second-order valence-corrected chi connectivity index (χ2v) is 8.51. The molecule has 0 atom stereocenters. The van der Waals surface area contributed by atoms with Gasteiger partial charge in [0, 0.05) is 6.54 Å². The Kier molecular flexibility index (Phi) is 6.46. The Bertz CT molecular complexity index is 1050. The van der Waals surface area contributed by atoms with Gasteiger partial charge in [-0.25, -0.2) is 12.8 Å². The van der Waals surface area contributed by atoms with E-state index in [4.69, 9.17) is 4.42 Å². The van der Waals surface area contributed by atoms with E-state index in [-0.39, 0.29) is 30.3 Å². The van der Waals surface area contributed by atoms with Crippen LogP contribution in [0.2, 0.25) is 0 Å². The molecule has 0 spiro atoms. The third kappa shape index (κ3) is 5.52. The van der Waals surface area contributed by atoms with Crippen molar-refractivity contribution in [3.05, 3.63) is 89.6 Å². The van der Waals surface area contributed by atoms with Crippen LogP contribution < -0.4 is 5.32 Å². The monoisotopic (exact) mass is 416 g/mol. The van der Waals surface area contributed by atoms with Gasteiger partial charge in [0.05, 0.1) is 24.2 Å². The minimum absolute atomic E-state index is 0.0762. The molecule has 0 unspecified atom stereocenters. The molecule has 1 heterocycles. The van der Waals surface area contributed by atoms with Crippen LogP contribution in [0.3, 0.4) is 0 Å². The lowest BCUT2D eigenvalue weighted by molar-refractivity contribution is -0.121. The van der Waals surface area contributed by atoms with E-state index >= 15 is 0 Å². The first-order chi connectivity index (χ1) is 13.8. The van der Waals surface area contributed by atoms with Gasteiger partial charge in [-0.1, -0.05) is 29.8 Å². The number of benzene rings is 2. The number of aryl methyl sites for hydroxylation is 1. The minimum atomic E-state index is -3.91. The molecule has 1 aromatic heterocycles. The Labute approximate surface area is 169 Å². The van der Waals surface area contributed by atoms with Crippen molar-refractivity contribution in [1.29, 1.82) is 0 Å². The Morgan fingerprint density at radius 2 is 1.76 bits per heavy atom. The van der Waals surface area contributed by atoms with Crippen molar-refractivity contribution in [3.8, 4) is 0 Å². The molecular formula is C21H21FN2O4S. The maximum absolute atomic E-state index is 13.1. The first-order valence-corrected chi connectivity index (χ1v) is 10.4. The van der Waals surface area contributed by atoms with E-state index in [0.717, 1.165) is 9.87 Å². The van der Waals surface area contributed by atoms with Crippen LogP contribution >= 0.6 is 0 Å². The van der Waals surface area contributed by atoms with Crippen LogP contribution in [0.1, 0.15) is 16.9 Å². The van der Waals surface area contributed by atoms with Crippen molar-refractivity contribution < 1.29 is 22.0 Å². The quantitative estimate of drug-likeness (QED) is 0.611. The molecule has 0 radical (unpaired) electrons. The van der Waals surface area contributed by atoms with E-state index in [9.17, 15) is 17.6 Å². The van der Waals surface area contributed by atoms with Crippen LogP contribution in [0, 0.1) is 12.7 Å². The third-order valence-corrected chi connectivity index (χ3v) is 6.10. The van der Waals surface area contributed by atoms with Crippen molar-refractivity contribution in [2.45, 2.75) is 24.9 Å². The normalized spacial score (nSPS) is 11.6. The Hall–Kier alpha value is -2.97. The standard InChI is InChI=1S/C21H21FN2O4S/c1-16-4-10-20(11-5-16)29(26,27)24(14-19-3-2-12-28-19)15-21(25)23-13-17-6-8-18(22)9-7-17/h2-12H,13-15H2,1H3,(H,23,25). The molecule has 0 bridgehead atoms. The number of carbonyl (C=O) groups excluding carboxylic acids is 1. The maximum atomic E-state index is 13.1. The molecule has 3 rings (SSSR count). The molecular weight excluding hydrogens is 395 g/mol. The van der Waals surface area contributed by atoms with Gasteiger partial charge in [-0.3, -0.25) is 4.79 Å². The van der Waals surface area contributed by atoms with Gasteiger partial charge in [0.2, 0.25) is 15.9 Å². The molecule has 0 aliphatic heterocycles. The van der Waals surface area contributed by atoms with Crippen molar-refractivity contribution in [2.24, 2.45) is 0 Å². The van der Waals surface area contributed by atoms with E-state index in [1.807, 2.05) is 6.92 Å². The number of nitrogens with one attached hydrogen (secondary N) is 1. The fourth-order valence-electron chi connectivity index (χ4n) is 2.68. The molecule has 6 nitrogen and oxygen atoms in total. The van der Waals surface area contributed by atoms with E-state index in [1.165, 1.54) is 30.5 Å². The summed E-state index contributed by atoms with van der Waals surface area (Å²) in [4.78, 5) is 12.5. The van der Waals surface area contributed by atoms with Crippen LogP contribution in [-0.2, 0) is 27.9 Å². The highest BCUT2D eigenvalue weighted by Crippen LogP contribution is 2.19. The Morgan fingerprint density at radius 1 is 1.07 bits per heavy atom.